The fraction of sp³-hybridized carbons (Fsp3) is 0.409. The van der Waals surface area contributed by atoms with E-state index in [-0.39, 0.29) is 11.1 Å². The van der Waals surface area contributed by atoms with E-state index in [1.165, 1.54) is 10.4 Å². The van der Waals surface area contributed by atoms with Crippen LogP contribution in [-0.2, 0) is 18.4 Å². The molecule has 150 valence electrons. The summed E-state index contributed by atoms with van der Waals surface area (Å²) in [4.78, 5) is 12.0. The number of benzene rings is 1. The van der Waals surface area contributed by atoms with Gasteiger partial charge in [0.05, 0.1) is 12.5 Å². The van der Waals surface area contributed by atoms with Gasteiger partial charge in [-0.15, -0.1) is 16.4 Å². The number of methoxy groups -OCH3 is 1. The van der Waals surface area contributed by atoms with E-state index < -0.39 is 0 Å². The molecule has 29 heavy (non-hydrogen) atoms. The van der Waals surface area contributed by atoms with E-state index >= 15 is 0 Å². The van der Waals surface area contributed by atoms with Crippen LogP contribution >= 0.6 is 11.3 Å². The van der Waals surface area contributed by atoms with Crippen molar-refractivity contribution in [3.05, 3.63) is 52.4 Å². The summed E-state index contributed by atoms with van der Waals surface area (Å²) < 4.78 is 7.08. The van der Waals surface area contributed by atoms with Crippen molar-refractivity contribution in [2.45, 2.75) is 51.6 Å². The first-order valence-corrected chi connectivity index (χ1v) is 10.7. The molecule has 0 atom stereocenters. The summed E-state index contributed by atoms with van der Waals surface area (Å²) in [5.74, 6) is 1.66. The second-order valence-corrected chi connectivity index (χ2v) is 9.97. The Hall–Kier alpha value is -2.51. The minimum atomic E-state index is -0.0919. The molecule has 4 aromatic rings. The first-order valence-electron chi connectivity index (χ1n) is 9.84. The molecule has 1 aromatic carbocycles. The molecule has 0 saturated carbocycles. The Morgan fingerprint density at radius 2 is 1.93 bits per heavy atom. The number of fused-ring (bicyclic) bond motifs is 5. The van der Waals surface area contributed by atoms with Crippen molar-refractivity contribution in [3.63, 3.8) is 0 Å². The van der Waals surface area contributed by atoms with Gasteiger partial charge in [-0.25, -0.2) is 14.5 Å². The number of ether oxygens (including phenoxy) is 1. The molecule has 0 bridgehead atoms. The zero-order chi connectivity index (χ0) is 20.4. The summed E-state index contributed by atoms with van der Waals surface area (Å²) in [5.41, 5.74) is 3.35. The summed E-state index contributed by atoms with van der Waals surface area (Å²) in [6.07, 6.45) is 3.42. The van der Waals surface area contributed by atoms with Gasteiger partial charge in [-0.1, -0.05) is 12.1 Å². The molecule has 3 aromatic heterocycles. The molecule has 1 aliphatic rings. The standard InChI is InChI=1S/C22H25N5OS/c1-21(2)11-15-17-19-24-16(10-13-6-8-14(28-5)9-7-13)25-27(19)12-23-20(17)29-18(15)22(3,4)26-21/h6-9,12,26H,10-11H2,1-5H3. The van der Waals surface area contributed by atoms with Crippen LogP contribution in [0.3, 0.4) is 0 Å². The molecule has 0 unspecified atom stereocenters. The van der Waals surface area contributed by atoms with Crippen LogP contribution < -0.4 is 10.1 Å². The van der Waals surface area contributed by atoms with Gasteiger partial charge in [0.1, 0.15) is 16.9 Å². The minimum absolute atomic E-state index is 0.0171. The number of hydrogen-bond donors (Lipinski definition) is 1. The lowest BCUT2D eigenvalue weighted by Crippen LogP contribution is -2.54. The van der Waals surface area contributed by atoms with Crippen LogP contribution in [0.4, 0.5) is 0 Å². The number of rotatable bonds is 3. The zero-order valence-electron chi connectivity index (χ0n) is 17.4. The van der Waals surface area contributed by atoms with E-state index in [2.05, 4.69) is 45.1 Å². The average Bonchev–Trinajstić information content (AvgIpc) is 3.21. The van der Waals surface area contributed by atoms with Gasteiger partial charge < -0.3 is 10.1 Å². The number of aromatic nitrogens is 4. The second-order valence-electron chi connectivity index (χ2n) is 8.97. The highest BCUT2D eigenvalue weighted by Crippen LogP contribution is 2.44. The van der Waals surface area contributed by atoms with Crippen molar-refractivity contribution in [2.24, 2.45) is 0 Å². The smallest absolute Gasteiger partial charge is 0.167 e. The first-order chi connectivity index (χ1) is 13.8. The summed E-state index contributed by atoms with van der Waals surface area (Å²) in [6.45, 7) is 9.01. The average molecular weight is 408 g/mol. The Bertz CT molecular complexity index is 1220. The van der Waals surface area contributed by atoms with Crippen LogP contribution in [-0.4, -0.2) is 32.2 Å². The molecule has 1 N–H and O–H groups in total. The highest BCUT2D eigenvalue weighted by molar-refractivity contribution is 7.19. The molecule has 0 spiro atoms. The molecule has 0 radical (unpaired) electrons. The van der Waals surface area contributed by atoms with Gasteiger partial charge in [-0.05, 0) is 57.4 Å². The third-order valence-electron chi connectivity index (χ3n) is 5.53. The Kier molecular flexibility index (Phi) is 3.98. The molecule has 5 rings (SSSR count). The van der Waals surface area contributed by atoms with Gasteiger partial charge in [0.2, 0.25) is 0 Å². The molecule has 0 fully saturated rings. The molecular formula is C22H25N5OS. The van der Waals surface area contributed by atoms with E-state index in [0.717, 1.165) is 39.4 Å². The van der Waals surface area contributed by atoms with Gasteiger partial charge in [0, 0.05) is 22.4 Å². The largest absolute Gasteiger partial charge is 0.497 e. The van der Waals surface area contributed by atoms with Gasteiger partial charge in [-0.2, -0.15) is 0 Å². The highest BCUT2D eigenvalue weighted by atomic mass is 32.1. The SMILES string of the molecule is COc1ccc(Cc2nc3c4c5c(sc4ncn3n2)C(C)(C)NC(C)(C)C5)cc1. The molecule has 4 heterocycles. The molecule has 0 saturated heterocycles. The first kappa shape index (κ1) is 18.5. The summed E-state index contributed by atoms with van der Waals surface area (Å²) in [6, 6.07) is 8.05. The summed E-state index contributed by atoms with van der Waals surface area (Å²) in [5, 5.41) is 9.63. The summed E-state index contributed by atoms with van der Waals surface area (Å²) >= 11 is 1.77. The van der Waals surface area contributed by atoms with Crippen LogP contribution in [0.25, 0.3) is 15.9 Å². The van der Waals surface area contributed by atoms with Crippen molar-refractivity contribution in [1.82, 2.24) is 24.9 Å². The normalized spacial score (nSPS) is 17.6. The van der Waals surface area contributed by atoms with Crippen molar-refractivity contribution < 1.29 is 4.74 Å². The molecule has 0 amide bonds. The fourth-order valence-corrected chi connectivity index (χ4v) is 5.78. The van der Waals surface area contributed by atoms with Crippen LogP contribution in [0.2, 0.25) is 0 Å². The lowest BCUT2D eigenvalue weighted by Gasteiger charge is -2.42. The number of hydrogen-bond acceptors (Lipinski definition) is 6. The Morgan fingerprint density at radius 3 is 2.66 bits per heavy atom. The molecule has 0 aliphatic carbocycles. The Balaban J connectivity index is 1.62. The maximum Gasteiger partial charge on any atom is 0.167 e. The van der Waals surface area contributed by atoms with Crippen molar-refractivity contribution in [2.75, 3.05) is 7.11 Å². The molecule has 6 nitrogen and oxygen atoms in total. The van der Waals surface area contributed by atoms with Crippen molar-refractivity contribution in [1.29, 1.82) is 0 Å². The minimum Gasteiger partial charge on any atom is -0.497 e. The van der Waals surface area contributed by atoms with Crippen LogP contribution in [0.5, 0.6) is 5.75 Å². The quantitative estimate of drug-likeness (QED) is 0.554. The Morgan fingerprint density at radius 1 is 1.17 bits per heavy atom. The highest BCUT2D eigenvalue weighted by Gasteiger charge is 2.39. The monoisotopic (exact) mass is 407 g/mol. The third kappa shape index (κ3) is 3.09. The number of nitrogens with zero attached hydrogens (tertiary/aromatic N) is 4. The summed E-state index contributed by atoms with van der Waals surface area (Å²) in [7, 11) is 1.68. The number of nitrogens with one attached hydrogen (secondary N) is 1. The van der Waals surface area contributed by atoms with Gasteiger partial charge in [0.15, 0.2) is 11.5 Å². The molecule has 7 heteroatoms. The zero-order valence-corrected chi connectivity index (χ0v) is 18.2. The van der Waals surface area contributed by atoms with Crippen LogP contribution in [0.1, 0.15) is 49.5 Å². The predicted molar refractivity (Wildman–Crippen MR) is 116 cm³/mol. The topological polar surface area (TPSA) is 64.3 Å². The van der Waals surface area contributed by atoms with Gasteiger partial charge >= 0.3 is 0 Å². The Labute approximate surface area is 173 Å². The van der Waals surface area contributed by atoms with Crippen molar-refractivity contribution in [3.8, 4) is 5.75 Å². The lowest BCUT2D eigenvalue weighted by atomic mass is 9.82. The van der Waals surface area contributed by atoms with E-state index in [0.29, 0.717) is 6.42 Å². The van der Waals surface area contributed by atoms with Crippen molar-refractivity contribution >= 4 is 27.2 Å². The second kappa shape index (κ2) is 6.24. The molecule has 1 aliphatic heterocycles. The fourth-order valence-electron chi connectivity index (χ4n) is 4.56. The maximum absolute atomic E-state index is 5.25. The van der Waals surface area contributed by atoms with Gasteiger partial charge in [0.25, 0.3) is 0 Å². The predicted octanol–water partition coefficient (Wildman–Crippen LogP) is 4.10. The maximum atomic E-state index is 5.25. The third-order valence-corrected chi connectivity index (χ3v) is 6.99. The van der Waals surface area contributed by atoms with E-state index in [9.17, 15) is 0 Å². The van der Waals surface area contributed by atoms with E-state index in [1.54, 1.807) is 24.8 Å². The van der Waals surface area contributed by atoms with E-state index in [1.807, 2.05) is 16.6 Å². The van der Waals surface area contributed by atoms with Crippen LogP contribution in [0, 0.1) is 0 Å². The molecular weight excluding hydrogens is 382 g/mol. The van der Waals surface area contributed by atoms with Gasteiger partial charge in [-0.3, -0.25) is 0 Å². The number of thiophene rings is 1. The van der Waals surface area contributed by atoms with E-state index in [4.69, 9.17) is 19.8 Å². The van der Waals surface area contributed by atoms with Crippen LogP contribution in [0.15, 0.2) is 30.6 Å². The lowest BCUT2D eigenvalue weighted by molar-refractivity contribution is 0.248.